The van der Waals surface area contributed by atoms with E-state index in [1.807, 2.05) is 37.3 Å². The molecule has 0 aliphatic rings. The lowest BCUT2D eigenvalue weighted by atomic mass is 10.0. The molecule has 3 rings (SSSR count). The molecule has 0 aliphatic heterocycles. The Hall–Kier alpha value is -3.22. The molecule has 3 aromatic rings. The van der Waals surface area contributed by atoms with Crippen LogP contribution in [0.1, 0.15) is 39.4 Å². The van der Waals surface area contributed by atoms with Crippen LogP contribution in [0.2, 0.25) is 0 Å². The van der Waals surface area contributed by atoms with Gasteiger partial charge in [0.2, 0.25) is 0 Å². The third-order valence-electron chi connectivity index (χ3n) is 4.34. The fourth-order valence-corrected chi connectivity index (χ4v) is 2.80. The van der Waals surface area contributed by atoms with Crippen molar-refractivity contribution in [2.75, 3.05) is 0 Å². The number of hydrogen-bond donors (Lipinski definition) is 1. The van der Waals surface area contributed by atoms with Crippen molar-refractivity contribution in [2.45, 2.75) is 39.7 Å². The van der Waals surface area contributed by atoms with E-state index in [1.165, 1.54) is 4.68 Å². The number of rotatable bonds is 8. The zero-order chi connectivity index (χ0) is 19.9. The molecule has 2 heterocycles. The largest absolute Gasteiger partial charge is 0.465 e. The first-order valence-corrected chi connectivity index (χ1v) is 9.45. The Kier molecular flexibility index (Phi) is 6.37. The van der Waals surface area contributed by atoms with Crippen molar-refractivity contribution in [3.05, 3.63) is 54.5 Å². The van der Waals surface area contributed by atoms with Crippen molar-refractivity contribution in [1.82, 2.24) is 25.5 Å². The Labute approximate surface area is 164 Å². The van der Waals surface area contributed by atoms with Gasteiger partial charge in [0.15, 0.2) is 5.82 Å². The maximum Gasteiger partial charge on any atom is 0.270 e. The third kappa shape index (κ3) is 4.94. The molecule has 1 N–H and O–H groups in total. The Balaban J connectivity index is 1.92. The SMILES string of the molecule is CC(C)CCC(C)NC(=O)/C(=C\c1ccco1)n1nnnc1-c1ccccc1. The summed E-state index contributed by atoms with van der Waals surface area (Å²) in [6.45, 7) is 6.34. The molecule has 0 aliphatic carbocycles. The van der Waals surface area contributed by atoms with Crippen LogP contribution in [0.3, 0.4) is 0 Å². The topological polar surface area (TPSA) is 85.8 Å². The number of aromatic nitrogens is 4. The van der Waals surface area contributed by atoms with Crippen LogP contribution in [0.15, 0.2) is 53.1 Å². The summed E-state index contributed by atoms with van der Waals surface area (Å²) in [6.07, 6.45) is 5.15. The van der Waals surface area contributed by atoms with E-state index in [2.05, 4.69) is 34.7 Å². The van der Waals surface area contributed by atoms with Crippen LogP contribution in [-0.4, -0.2) is 32.2 Å². The predicted octanol–water partition coefficient (Wildman–Crippen LogP) is 3.87. The van der Waals surface area contributed by atoms with Crippen LogP contribution in [-0.2, 0) is 4.79 Å². The molecule has 0 saturated carbocycles. The summed E-state index contributed by atoms with van der Waals surface area (Å²) in [5.41, 5.74) is 1.12. The van der Waals surface area contributed by atoms with E-state index in [4.69, 9.17) is 4.42 Å². The van der Waals surface area contributed by atoms with E-state index in [0.29, 0.717) is 23.2 Å². The van der Waals surface area contributed by atoms with Crippen molar-refractivity contribution in [3.8, 4) is 11.4 Å². The fraction of sp³-hybridized carbons (Fsp3) is 0.333. The van der Waals surface area contributed by atoms with Crippen molar-refractivity contribution in [3.63, 3.8) is 0 Å². The van der Waals surface area contributed by atoms with Crippen LogP contribution in [0, 0.1) is 5.92 Å². The summed E-state index contributed by atoms with van der Waals surface area (Å²) >= 11 is 0. The number of tetrazole rings is 1. The highest BCUT2D eigenvalue weighted by atomic mass is 16.3. The van der Waals surface area contributed by atoms with Crippen LogP contribution in [0.5, 0.6) is 0 Å². The Morgan fingerprint density at radius 1 is 1.14 bits per heavy atom. The van der Waals surface area contributed by atoms with Crippen molar-refractivity contribution < 1.29 is 9.21 Å². The van der Waals surface area contributed by atoms with E-state index in [1.54, 1.807) is 24.5 Å². The van der Waals surface area contributed by atoms with E-state index in [9.17, 15) is 4.79 Å². The maximum atomic E-state index is 13.1. The number of benzene rings is 1. The quantitative estimate of drug-likeness (QED) is 0.601. The molecule has 0 spiro atoms. The monoisotopic (exact) mass is 379 g/mol. The normalized spacial score (nSPS) is 12.9. The smallest absolute Gasteiger partial charge is 0.270 e. The minimum atomic E-state index is -0.253. The van der Waals surface area contributed by atoms with Crippen molar-refractivity contribution in [2.24, 2.45) is 5.92 Å². The molecular weight excluding hydrogens is 354 g/mol. The summed E-state index contributed by atoms with van der Waals surface area (Å²) in [5, 5.41) is 15.0. The zero-order valence-electron chi connectivity index (χ0n) is 16.4. The molecule has 7 heteroatoms. The number of hydrogen-bond acceptors (Lipinski definition) is 5. The molecule has 146 valence electrons. The fourth-order valence-electron chi connectivity index (χ4n) is 2.80. The Morgan fingerprint density at radius 3 is 2.61 bits per heavy atom. The van der Waals surface area contributed by atoms with Gasteiger partial charge in [-0.1, -0.05) is 44.2 Å². The molecule has 1 unspecified atom stereocenters. The summed E-state index contributed by atoms with van der Waals surface area (Å²) in [7, 11) is 0. The average Bonchev–Trinajstić information content (AvgIpc) is 3.36. The van der Waals surface area contributed by atoms with Gasteiger partial charge >= 0.3 is 0 Å². The lowest BCUT2D eigenvalue weighted by molar-refractivity contribution is -0.116. The minimum absolute atomic E-state index is 0.0338. The van der Waals surface area contributed by atoms with E-state index >= 15 is 0 Å². The Bertz CT molecular complexity index is 913. The molecule has 0 bridgehead atoms. The molecule has 0 radical (unpaired) electrons. The van der Waals surface area contributed by atoms with Crippen LogP contribution < -0.4 is 5.32 Å². The number of amides is 1. The number of nitrogens with zero attached hydrogens (tertiary/aromatic N) is 4. The standard InChI is InChI=1S/C21H25N5O2/c1-15(2)11-12-16(3)22-21(27)19(14-18-10-7-13-28-18)26-20(23-24-25-26)17-8-5-4-6-9-17/h4-10,13-16H,11-12H2,1-3H3,(H,22,27)/b19-14+. The summed E-state index contributed by atoms with van der Waals surface area (Å²) < 4.78 is 6.85. The average molecular weight is 379 g/mol. The number of furan rings is 1. The highest BCUT2D eigenvalue weighted by molar-refractivity contribution is 6.18. The molecule has 1 amide bonds. The number of carbonyl (C=O) groups is 1. The van der Waals surface area contributed by atoms with Gasteiger partial charge in [-0.3, -0.25) is 4.79 Å². The van der Waals surface area contributed by atoms with Gasteiger partial charge < -0.3 is 9.73 Å². The molecule has 0 fully saturated rings. The van der Waals surface area contributed by atoms with Crippen molar-refractivity contribution >= 4 is 17.7 Å². The first kappa shape index (κ1) is 19.5. The molecule has 28 heavy (non-hydrogen) atoms. The summed E-state index contributed by atoms with van der Waals surface area (Å²) in [4.78, 5) is 13.1. The lowest BCUT2D eigenvalue weighted by Crippen LogP contribution is -2.35. The van der Waals surface area contributed by atoms with Crippen LogP contribution >= 0.6 is 0 Å². The summed E-state index contributed by atoms with van der Waals surface area (Å²) in [5.74, 6) is 1.37. The first-order chi connectivity index (χ1) is 13.5. The highest BCUT2D eigenvalue weighted by Crippen LogP contribution is 2.21. The molecule has 0 saturated heterocycles. The highest BCUT2D eigenvalue weighted by Gasteiger charge is 2.21. The molecule has 2 aromatic heterocycles. The number of carbonyl (C=O) groups excluding carboxylic acids is 1. The van der Waals surface area contributed by atoms with E-state index < -0.39 is 0 Å². The van der Waals surface area contributed by atoms with Crippen LogP contribution in [0.25, 0.3) is 23.2 Å². The zero-order valence-corrected chi connectivity index (χ0v) is 16.4. The van der Waals surface area contributed by atoms with E-state index in [0.717, 1.165) is 18.4 Å². The van der Waals surface area contributed by atoms with Gasteiger partial charge in [0.1, 0.15) is 11.5 Å². The van der Waals surface area contributed by atoms with Gasteiger partial charge in [0, 0.05) is 17.7 Å². The van der Waals surface area contributed by atoms with Crippen LogP contribution in [0.4, 0.5) is 0 Å². The lowest BCUT2D eigenvalue weighted by Gasteiger charge is -2.16. The molecular formula is C21H25N5O2. The second-order valence-corrected chi connectivity index (χ2v) is 7.17. The van der Waals surface area contributed by atoms with Gasteiger partial charge in [-0.15, -0.1) is 5.10 Å². The Morgan fingerprint density at radius 2 is 1.93 bits per heavy atom. The van der Waals surface area contributed by atoms with Crippen molar-refractivity contribution in [1.29, 1.82) is 0 Å². The predicted molar refractivity (Wildman–Crippen MR) is 108 cm³/mol. The van der Waals surface area contributed by atoms with Gasteiger partial charge in [-0.25, -0.2) is 0 Å². The molecule has 1 atom stereocenters. The summed E-state index contributed by atoms with van der Waals surface area (Å²) in [6, 6.07) is 13.1. The first-order valence-electron chi connectivity index (χ1n) is 9.45. The van der Waals surface area contributed by atoms with Gasteiger partial charge in [-0.2, -0.15) is 4.68 Å². The maximum absolute atomic E-state index is 13.1. The molecule has 1 aromatic carbocycles. The van der Waals surface area contributed by atoms with E-state index in [-0.39, 0.29) is 11.9 Å². The third-order valence-corrected chi connectivity index (χ3v) is 4.34. The van der Waals surface area contributed by atoms with Gasteiger partial charge in [0.25, 0.3) is 5.91 Å². The minimum Gasteiger partial charge on any atom is -0.465 e. The molecule has 7 nitrogen and oxygen atoms in total. The van der Waals surface area contributed by atoms with Gasteiger partial charge in [0.05, 0.1) is 6.26 Å². The number of nitrogens with one attached hydrogen (secondary N) is 1. The second kappa shape index (κ2) is 9.12. The van der Waals surface area contributed by atoms with Gasteiger partial charge in [-0.05, 0) is 48.2 Å². The second-order valence-electron chi connectivity index (χ2n) is 7.17.